The van der Waals surface area contributed by atoms with E-state index in [2.05, 4.69) is 14.8 Å². The Kier molecular flexibility index (Phi) is 5.80. The van der Waals surface area contributed by atoms with Crippen LogP contribution in [0.2, 0.25) is 0 Å². The maximum absolute atomic E-state index is 13.4. The molecule has 0 spiro atoms. The van der Waals surface area contributed by atoms with E-state index in [-0.39, 0.29) is 17.9 Å². The third kappa shape index (κ3) is 3.78. The number of hydrogen-bond acceptors (Lipinski definition) is 6. The average Bonchev–Trinajstić information content (AvgIpc) is 3.32. The first-order valence-corrected chi connectivity index (χ1v) is 12.4. The Balaban J connectivity index is 1.34. The summed E-state index contributed by atoms with van der Waals surface area (Å²) in [5.41, 5.74) is 2.00. The Morgan fingerprint density at radius 1 is 1.00 bits per heavy atom. The van der Waals surface area contributed by atoms with Crippen LogP contribution in [0, 0.1) is 0 Å². The Labute approximate surface area is 187 Å². The number of carbonyl (C=O) groups is 2. The molecule has 1 saturated carbocycles. The van der Waals surface area contributed by atoms with Gasteiger partial charge in [0.05, 0.1) is 22.9 Å². The van der Waals surface area contributed by atoms with Gasteiger partial charge in [-0.3, -0.25) is 19.4 Å². The lowest BCUT2D eigenvalue weighted by atomic mass is 10.0. The first-order valence-electron chi connectivity index (χ1n) is 11.5. The number of fused-ring (bicyclic) bond motifs is 1. The number of rotatable bonds is 4. The van der Waals surface area contributed by atoms with E-state index in [1.54, 1.807) is 12.3 Å². The molecule has 1 aromatic heterocycles. The van der Waals surface area contributed by atoms with Gasteiger partial charge in [0.1, 0.15) is 5.01 Å². The van der Waals surface area contributed by atoms with E-state index in [1.807, 2.05) is 24.4 Å². The van der Waals surface area contributed by atoms with Gasteiger partial charge >= 0.3 is 0 Å². The van der Waals surface area contributed by atoms with E-state index in [1.165, 1.54) is 54.8 Å². The molecule has 164 valence electrons. The van der Waals surface area contributed by atoms with Crippen molar-refractivity contribution in [3.63, 3.8) is 0 Å². The van der Waals surface area contributed by atoms with Gasteiger partial charge < -0.3 is 4.90 Å². The van der Waals surface area contributed by atoms with Gasteiger partial charge in [0.25, 0.3) is 11.8 Å². The summed E-state index contributed by atoms with van der Waals surface area (Å²) in [5, 5.41) is 2.66. The van der Waals surface area contributed by atoms with Crippen LogP contribution in [0.15, 0.2) is 29.8 Å². The highest BCUT2D eigenvalue weighted by Crippen LogP contribution is 2.37. The molecule has 0 bridgehead atoms. The number of thiazole rings is 1. The quantitative estimate of drug-likeness (QED) is 0.525. The first-order chi connectivity index (χ1) is 15.1. The highest BCUT2D eigenvalue weighted by Gasteiger charge is 2.42. The summed E-state index contributed by atoms with van der Waals surface area (Å²) in [6.07, 6.45) is 9.79. The highest BCUT2D eigenvalue weighted by atomic mass is 32.1. The number of imide groups is 1. The van der Waals surface area contributed by atoms with E-state index in [4.69, 9.17) is 0 Å². The molecule has 1 saturated heterocycles. The van der Waals surface area contributed by atoms with Gasteiger partial charge in [0.2, 0.25) is 0 Å². The van der Waals surface area contributed by atoms with Crippen LogP contribution < -0.4 is 4.90 Å². The zero-order chi connectivity index (χ0) is 21.4. The summed E-state index contributed by atoms with van der Waals surface area (Å²) in [6, 6.07) is 6.06. The number of aromatic nitrogens is 1. The largest absolute Gasteiger partial charge is 0.368 e. The number of hydrogen-bond donors (Lipinski definition) is 0. The van der Waals surface area contributed by atoms with Crippen LogP contribution in [0.5, 0.6) is 0 Å². The number of amides is 2. The summed E-state index contributed by atoms with van der Waals surface area (Å²) in [5.74, 6) is -0.397. The van der Waals surface area contributed by atoms with Crippen LogP contribution in [-0.2, 0) is 0 Å². The predicted octanol–water partition coefficient (Wildman–Crippen LogP) is 4.35. The normalized spacial score (nSPS) is 22.0. The van der Waals surface area contributed by atoms with Crippen molar-refractivity contribution >= 4 is 28.8 Å². The zero-order valence-corrected chi connectivity index (χ0v) is 18.9. The van der Waals surface area contributed by atoms with Gasteiger partial charge in [-0.25, -0.2) is 4.98 Å². The Bertz CT molecular complexity index is 944. The molecule has 31 heavy (non-hydrogen) atoms. The third-order valence-corrected chi connectivity index (χ3v) is 8.06. The average molecular weight is 439 g/mol. The van der Waals surface area contributed by atoms with Crippen molar-refractivity contribution in [2.24, 2.45) is 0 Å². The second-order valence-corrected chi connectivity index (χ2v) is 9.82. The fraction of sp³-hybridized carbons (Fsp3) is 0.542. The highest BCUT2D eigenvalue weighted by molar-refractivity contribution is 7.09. The first kappa shape index (κ1) is 20.6. The molecule has 6 nitrogen and oxygen atoms in total. The second kappa shape index (κ2) is 8.71. The van der Waals surface area contributed by atoms with Crippen molar-refractivity contribution in [3.8, 4) is 0 Å². The van der Waals surface area contributed by atoms with Crippen LogP contribution in [0.1, 0.15) is 77.2 Å². The number of carbonyl (C=O) groups excluding carboxylic acids is 2. The van der Waals surface area contributed by atoms with E-state index < -0.39 is 0 Å². The van der Waals surface area contributed by atoms with Crippen LogP contribution in [0.25, 0.3) is 0 Å². The van der Waals surface area contributed by atoms with Crippen LogP contribution in [-0.4, -0.2) is 58.8 Å². The minimum absolute atomic E-state index is 0.190. The molecule has 3 heterocycles. The van der Waals surface area contributed by atoms with E-state index >= 15 is 0 Å². The van der Waals surface area contributed by atoms with Crippen molar-refractivity contribution in [1.29, 1.82) is 0 Å². The van der Waals surface area contributed by atoms with E-state index in [9.17, 15) is 9.59 Å². The van der Waals surface area contributed by atoms with Gasteiger partial charge in [-0.05, 0) is 31.9 Å². The number of benzene rings is 1. The summed E-state index contributed by atoms with van der Waals surface area (Å²) < 4.78 is 0. The van der Waals surface area contributed by atoms with Gasteiger partial charge in [0, 0.05) is 43.8 Å². The van der Waals surface area contributed by atoms with E-state index in [0.717, 1.165) is 36.9 Å². The van der Waals surface area contributed by atoms with Gasteiger partial charge in [0.15, 0.2) is 0 Å². The number of nitrogens with zero attached hydrogens (tertiary/aromatic N) is 4. The molecule has 0 radical (unpaired) electrons. The maximum atomic E-state index is 13.4. The Morgan fingerprint density at radius 2 is 1.74 bits per heavy atom. The topological polar surface area (TPSA) is 56.8 Å². The lowest BCUT2D eigenvalue weighted by Gasteiger charge is -2.40. The molecule has 2 aromatic rings. The predicted molar refractivity (Wildman–Crippen MR) is 123 cm³/mol. The van der Waals surface area contributed by atoms with Gasteiger partial charge in [-0.15, -0.1) is 11.3 Å². The molecule has 7 heteroatoms. The van der Waals surface area contributed by atoms with Crippen molar-refractivity contribution < 1.29 is 9.59 Å². The Hall–Kier alpha value is -2.25. The van der Waals surface area contributed by atoms with Crippen molar-refractivity contribution in [2.45, 2.75) is 57.5 Å². The van der Waals surface area contributed by atoms with Crippen molar-refractivity contribution in [1.82, 2.24) is 14.8 Å². The molecule has 0 N–H and O–H groups in total. The van der Waals surface area contributed by atoms with Crippen molar-refractivity contribution in [2.75, 3.05) is 31.1 Å². The minimum atomic E-state index is -0.354. The monoisotopic (exact) mass is 438 g/mol. The Morgan fingerprint density at radius 3 is 2.42 bits per heavy atom. The van der Waals surface area contributed by atoms with Gasteiger partial charge in [-0.2, -0.15) is 0 Å². The minimum Gasteiger partial charge on any atom is -0.368 e. The second-order valence-electron chi connectivity index (χ2n) is 8.89. The molecule has 2 fully saturated rings. The molecule has 1 aliphatic carbocycles. The molecule has 1 atom stereocenters. The molecule has 1 aromatic carbocycles. The summed E-state index contributed by atoms with van der Waals surface area (Å²) in [4.78, 5) is 37.2. The fourth-order valence-electron chi connectivity index (χ4n) is 5.40. The standard InChI is InChI=1S/C24H30N4O2S/c1-17(22-25-11-16-31-22)28-23(29)19-9-6-10-20(21(19)24(28)30)27-14-12-26(13-15-27)18-7-4-2-3-5-8-18/h6,9-11,16-18H,2-5,7-8,12-15H2,1H3/t17-/m1/s1. The lowest BCUT2D eigenvalue weighted by molar-refractivity contribution is 0.0595. The molecule has 0 unspecified atom stereocenters. The van der Waals surface area contributed by atoms with Crippen LogP contribution in [0.3, 0.4) is 0 Å². The van der Waals surface area contributed by atoms with E-state index in [0.29, 0.717) is 17.2 Å². The molecule has 3 aliphatic rings. The summed E-state index contributed by atoms with van der Waals surface area (Å²) in [6.45, 7) is 5.73. The maximum Gasteiger partial charge on any atom is 0.264 e. The summed E-state index contributed by atoms with van der Waals surface area (Å²) in [7, 11) is 0. The number of piperazine rings is 1. The lowest BCUT2D eigenvalue weighted by Crippen LogP contribution is -2.50. The molecule has 5 rings (SSSR count). The smallest absolute Gasteiger partial charge is 0.264 e. The van der Waals surface area contributed by atoms with Crippen LogP contribution >= 0.6 is 11.3 Å². The molecular weight excluding hydrogens is 408 g/mol. The zero-order valence-electron chi connectivity index (χ0n) is 18.1. The number of anilines is 1. The van der Waals surface area contributed by atoms with Gasteiger partial charge in [-0.1, -0.05) is 31.7 Å². The summed E-state index contributed by atoms with van der Waals surface area (Å²) >= 11 is 1.47. The third-order valence-electron chi connectivity index (χ3n) is 7.12. The molecule has 2 amide bonds. The van der Waals surface area contributed by atoms with Crippen LogP contribution in [0.4, 0.5) is 5.69 Å². The molecular formula is C24H30N4O2S. The fourth-order valence-corrected chi connectivity index (χ4v) is 6.09. The molecule has 2 aliphatic heterocycles. The van der Waals surface area contributed by atoms with Crippen molar-refractivity contribution in [3.05, 3.63) is 45.9 Å². The SMILES string of the molecule is C[C@H](c1nccs1)N1C(=O)c2cccc(N3CCN(C4CCCCCC4)CC3)c2C1=O.